The van der Waals surface area contributed by atoms with Gasteiger partial charge in [0.1, 0.15) is 5.70 Å². The van der Waals surface area contributed by atoms with Gasteiger partial charge in [0.2, 0.25) is 0 Å². The van der Waals surface area contributed by atoms with Crippen molar-refractivity contribution in [3.8, 4) is 0 Å². The Labute approximate surface area is 84.4 Å². The van der Waals surface area contributed by atoms with Crippen molar-refractivity contribution in [1.29, 1.82) is 0 Å². The highest BCUT2D eigenvalue weighted by molar-refractivity contribution is 5.94. The van der Waals surface area contributed by atoms with E-state index in [9.17, 15) is 9.90 Å². The number of aliphatic hydroxyl groups is 1. The predicted octanol–water partition coefficient (Wildman–Crippen LogP) is 0.139. The summed E-state index contributed by atoms with van der Waals surface area (Å²) in [5.41, 5.74) is 1.32. The Balaban J connectivity index is 3.03. The van der Waals surface area contributed by atoms with Crippen LogP contribution in [0.2, 0.25) is 0 Å². The topological polar surface area (TPSA) is 61.4 Å². The second kappa shape index (κ2) is 4.46. The van der Waals surface area contributed by atoms with E-state index in [4.69, 9.17) is 0 Å². The van der Waals surface area contributed by atoms with Gasteiger partial charge in [-0.05, 0) is 25.3 Å². The predicted molar refractivity (Wildman–Crippen MR) is 54.6 cm³/mol. The summed E-state index contributed by atoms with van der Waals surface area (Å²) in [4.78, 5) is 11.6. The lowest BCUT2D eigenvalue weighted by molar-refractivity contribution is -0.118. The number of amides is 1. The van der Waals surface area contributed by atoms with Crippen LogP contribution in [0.5, 0.6) is 0 Å². The average Bonchev–Trinajstić information content (AvgIpc) is 2.21. The van der Waals surface area contributed by atoms with Crippen molar-refractivity contribution in [2.45, 2.75) is 38.8 Å². The Morgan fingerprint density at radius 3 is 2.79 bits per heavy atom. The molecule has 1 amide bonds. The maximum absolute atomic E-state index is 11.6. The van der Waals surface area contributed by atoms with Crippen LogP contribution in [0.1, 0.15) is 26.7 Å². The zero-order chi connectivity index (χ0) is 10.7. The van der Waals surface area contributed by atoms with E-state index in [1.807, 2.05) is 13.8 Å². The van der Waals surface area contributed by atoms with Gasteiger partial charge in [-0.1, -0.05) is 6.92 Å². The number of carbonyl (C=O) groups is 1. The number of carbonyl (C=O) groups excluding carboxylic acids is 1. The maximum atomic E-state index is 11.6. The number of nitrogens with one attached hydrogen (secondary N) is 2. The van der Waals surface area contributed by atoms with E-state index in [0.717, 1.165) is 5.57 Å². The minimum atomic E-state index is -0.517. The molecule has 14 heavy (non-hydrogen) atoms. The van der Waals surface area contributed by atoms with Crippen molar-refractivity contribution in [2.24, 2.45) is 0 Å². The van der Waals surface area contributed by atoms with E-state index in [-0.39, 0.29) is 11.9 Å². The highest BCUT2D eigenvalue weighted by Gasteiger charge is 2.25. The zero-order valence-corrected chi connectivity index (χ0v) is 8.92. The van der Waals surface area contributed by atoms with E-state index in [0.29, 0.717) is 18.5 Å². The van der Waals surface area contributed by atoms with Crippen LogP contribution in [0.25, 0.3) is 0 Å². The number of rotatable bonds is 2. The van der Waals surface area contributed by atoms with E-state index in [1.54, 1.807) is 7.05 Å². The fourth-order valence-corrected chi connectivity index (χ4v) is 1.83. The van der Waals surface area contributed by atoms with Crippen LogP contribution in [0.3, 0.4) is 0 Å². The van der Waals surface area contributed by atoms with Crippen LogP contribution in [0.15, 0.2) is 11.3 Å². The molecule has 0 aromatic rings. The molecule has 2 unspecified atom stereocenters. The summed E-state index contributed by atoms with van der Waals surface area (Å²) in [6.07, 6.45) is 0.758. The summed E-state index contributed by atoms with van der Waals surface area (Å²) in [6.45, 7) is 3.84. The highest BCUT2D eigenvalue weighted by Crippen LogP contribution is 2.19. The Kier molecular flexibility index (Phi) is 3.52. The first-order chi connectivity index (χ1) is 6.60. The van der Waals surface area contributed by atoms with E-state index in [1.165, 1.54) is 0 Å². The third-order valence-electron chi connectivity index (χ3n) is 2.54. The van der Waals surface area contributed by atoms with Gasteiger partial charge >= 0.3 is 0 Å². The molecule has 1 aliphatic heterocycles. The molecule has 0 fully saturated rings. The first kappa shape index (κ1) is 11.0. The smallest absolute Gasteiger partial charge is 0.267 e. The molecule has 1 rings (SSSR count). The van der Waals surface area contributed by atoms with Gasteiger partial charge in [0.15, 0.2) is 0 Å². The summed E-state index contributed by atoms with van der Waals surface area (Å²) < 4.78 is 0. The van der Waals surface area contributed by atoms with Crippen molar-refractivity contribution in [3.63, 3.8) is 0 Å². The zero-order valence-electron chi connectivity index (χ0n) is 8.92. The van der Waals surface area contributed by atoms with Crippen LogP contribution in [-0.2, 0) is 4.79 Å². The molecule has 0 saturated heterocycles. The van der Waals surface area contributed by atoms with E-state index >= 15 is 0 Å². The highest BCUT2D eigenvalue weighted by atomic mass is 16.3. The molecule has 1 aliphatic rings. The van der Waals surface area contributed by atoms with Gasteiger partial charge in [-0.3, -0.25) is 4.79 Å². The molecule has 1 heterocycles. The molecule has 2 atom stereocenters. The Morgan fingerprint density at radius 2 is 2.29 bits per heavy atom. The van der Waals surface area contributed by atoms with Crippen LogP contribution < -0.4 is 10.6 Å². The monoisotopic (exact) mass is 198 g/mol. The minimum absolute atomic E-state index is 0.0184. The van der Waals surface area contributed by atoms with Crippen molar-refractivity contribution < 1.29 is 9.90 Å². The van der Waals surface area contributed by atoms with Gasteiger partial charge in [-0.2, -0.15) is 0 Å². The van der Waals surface area contributed by atoms with Crippen LogP contribution in [0, 0.1) is 0 Å². The van der Waals surface area contributed by atoms with Gasteiger partial charge in [0, 0.05) is 13.1 Å². The summed E-state index contributed by atoms with van der Waals surface area (Å²) in [7, 11) is 1.70. The van der Waals surface area contributed by atoms with Gasteiger partial charge < -0.3 is 15.7 Å². The van der Waals surface area contributed by atoms with Gasteiger partial charge in [0.25, 0.3) is 5.91 Å². The fourth-order valence-electron chi connectivity index (χ4n) is 1.83. The molecule has 0 saturated carbocycles. The van der Waals surface area contributed by atoms with Gasteiger partial charge in [-0.25, -0.2) is 0 Å². The van der Waals surface area contributed by atoms with E-state index in [2.05, 4.69) is 10.6 Å². The summed E-state index contributed by atoms with van der Waals surface area (Å²) in [6, 6.07) is 0.0184. The van der Waals surface area contributed by atoms with Crippen molar-refractivity contribution in [3.05, 3.63) is 11.3 Å². The molecule has 0 spiro atoms. The lowest BCUT2D eigenvalue weighted by Gasteiger charge is -2.14. The number of hydrogen-bond donors (Lipinski definition) is 3. The molecule has 0 aliphatic carbocycles. The quantitative estimate of drug-likeness (QED) is 0.591. The first-order valence-corrected chi connectivity index (χ1v) is 4.99. The largest absolute Gasteiger partial charge is 0.389 e. The fraction of sp³-hybridized carbons (Fsp3) is 0.700. The Bertz CT molecular complexity index is 261. The molecule has 0 radical (unpaired) electrons. The molecule has 0 aromatic carbocycles. The van der Waals surface area contributed by atoms with Gasteiger partial charge in [-0.15, -0.1) is 0 Å². The van der Waals surface area contributed by atoms with Crippen LogP contribution in [-0.4, -0.2) is 30.2 Å². The lowest BCUT2D eigenvalue weighted by atomic mass is 10.0. The van der Waals surface area contributed by atoms with E-state index < -0.39 is 6.10 Å². The number of hydrogen-bond acceptors (Lipinski definition) is 3. The summed E-state index contributed by atoms with van der Waals surface area (Å²) >= 11 is 0. The Morgan fingerprint density at radius 1 is 1.64 bits per heavy atom. The molecule has 0 bridgehead atoms. The average molecular weight is 198 g/mol. The molecule has 4 nitrogen and oxygen atoms in total. The normalized spacial score (nSPS) is 28.4. The number of likely N-dealkylation sites (N-methyl/N-ethyl adjacent to an activating group) is 1. The number of aliphatic hydroxyl groups excluding tert-OH is 1. The molecular weight excluding hydrogens is 180 g/mol. The first-order valence-electron chi connectivity index (χ1n) is 4.99. The molecule has 3 N–H and O–H groups in total. The second-order valence-corrected chi connectivity index (χ2v) is 3.63. The SMILES string of the molecule is CCC1=C(NC)C(=O)NC(C)CC1O. The van der Waals surface area contributed by atoms with Crippen LogP contribution in [0.4, 0.5) is 0 Å². The molecule has 80 valence electrons. The standard InChI is InChI=1S/C10H18N2O2/c1-4-7-8(13)5-6(2)12-10(14)9(7)11-3/h6,8,11,13H,4-5H2,1-3H3,(H,12,14). The van der Waals surface area contributed by atoms with Crippen molar-refractivity contribution in [2.75, 3.05) is 7.05 Å². The maximum Gasteiger partial charge on any atom is 0.267 e. The minimum Gasteiger partial charge on any atom is -0.389 e. The third kappa shape index (κ3) is 2.07. The summed E-state index contributed by atoms with van der Waals surface area (Å²) in [5, 5.41) is 15.5. The molecular formula is C10H18N2O2. The molecule has 0 aromatic heterocycles. The second-order valence-electron chi connectivity index (χ2n) is 3.63. The van der Waals surface area contributed by atoms with Crippen molar-refractivity contribution in [1.82, 2.24) is 10.6 Å². The van der Waals surface area contributed by atoms with Gasteiger partial charge in [0.05, 0.1) is 6.10 Å². The Hall–Kier alpha value is -1.03. The third-order valence-corrected chi connectivity index (χ3v) is 2.54. The summed E-state index contributed by atoms with van der Waals surface area (Å²) in [5.74, 6) is -0.117. The molecule has 4 heteroatoms. The van der Waals surface area contributed by atoms with Crippen LogP contribution >= 0.6 is 0 Å². The van der Waals surface area contributed by atoms with Crippen molar-refractivity contribution >= 4 is 5.91 Å². The lowest BCUT2D eigenvalue weighted by Crippen LogP contribution is -2.35.